The van der Waals surface area contributed by atoms with Gasteiger partial charge >= 0.3 is 5.97 Å². The van der Waals surface area contributed by atoms with Crippen LogP contribution in [0.15, 0.2) is 0 Å². The molecule has 0 spiro atoms. The highest BCUT2D eigenvalue weighted by molar-refractivity contribution is 7.89. The first kappa shape index (κ1) is 12.4. The summed E-state index contributed by atoms with van der Waals surface area (Å²) in [6.07, 6.45) is -0.318. The second-order valence-corrected chi connectivity index (χ2v) is 6.32. The van der Waals surface area contributed by atoms with Crippen LogP contribution in [-0.4, -0.2) is 42.6 Å². The van der Waals surface area contributed by atoms with Gasteiger partial charge in [-0.25, -0.2) is 12.7 Å². The molecule has 2 atom stereocenters. The van der Waals surface area contributed by atoms with Crippen molar-refractivity contribution >= 4 is 16.0 Å². The third kappa shape index (κ3) is 3.17. The van der Waals surface area contributed by atoms with Crippen LogP contribution < -0.4 is 0 Å². The van der Waals surface area contributed by atoms with E-state index in [1.165, 1.54) is 4.31 Å². The van der Waals surface area contributed by atoms with Gasteiger partial charge < -0.3 is 5.11 Å². The Bertz CT molecular complexity index is 328. The fourth-order valence-corrected chi connectivity index (χ4v) is 3.26. The van der Waals surface area contributed by atoms with Crippen LogP contribution in [0.4, 0.5) is 0 Å². The van der Waals surface area contributed by atoms with Gasteiger partial charge in [-0.1, -0.05) is 13.8 Å². The van der Waals surface area contributed by atoms with E-state index in [4.69, 9.17) is 5.11 Å². The number of carbonyl (C=O) groups is 1. The normalized spacial score (nSPS) is 28.1. The first-order valence-electron chi connectivity index (χ1n) is 5.02. The maximum absolute atomic E-state index is 11.7. The minimum absolute atomic E-state index is 0.290. The molecule has 88 valence electrons. The zero-order valence-electron chi connectivity index (χ0n) is 9.01. The van der Waals surface area contributed by atoms with E-state index < -0.39 is 16.0 Å². The molecule has 1 aliphatic heterocycles. The Labute approximate surface area is 90.1 Å². The molecule has 0 bridgehead atoms. The van der Waals surface area contributed by atoms with Gasteiger partial charge in [0.25, 0.3) is 0 Å². The van der Waals surface area contributed by atoms with Crippen LogP contribution in [0.5, 0.6) is 0 Å². The van der Waals surface area contributed by atoms with Crippen molar-refractivity contribution < 1.29 is 18.3 Å². The minimum atomic E-state index is -3.37. The van der Waals surface area contributed by atoms with Gasteiger partial charge in [-0.3, -0.25) is 4.79 Å². The number of hydrogen-bond acceptors (Lipinski definition) is 3. The first-order valence-corrected chi connectivity index (χ1v) is 6.63. The van der Waals surface area contributed by atoms with E-state index in [-0.39, 0.29) is 12.2 Å². The predicted octanol–water partition coefficient (Wildman–Crippen LogP) is 0.379. The van der Waals surface area contributed by atoms with Gasteiger partial charge in [-0.05, 0) is 11.8 Å². The van der Waals surface area contributed by atoms with Crippen molar-refractivity contribution in [3.05, 3.63) is 0 Å². The molecule has 1 fully saturated rings. The van der Waals surface area contributed by atoms with Crippen molar-refractivity contribution in [2.75, 3.05) is 18.8 Å². The van der Waals surface area contributed by atoms with Crippen LogP contribution in [0.2, 0.25) is 0 Å². The fourth-order valence-electron chi connectivity index (χ4n) is 1.65. The molecular formula is C9H17NO4S. The molecule has 5 nitrogen and oxygen atoms in total. The average Bonchev–Trinajstić information content (AvgIpc) is 2.45. The highest BCUT2D eigenvalue weighted by atomic mass is 32.2. The van der Waals surface area contributed by atoms with Crippen molar-refractivity contribution in [3.8, 4) is 0 Å². The lowest BCUT2D eigenvalue weighted by Crippen LogP contribution is -2.32. The van der Waals surface area contributed by atoms with E-state index in [9.17, 15) is 13.2 Å². The molecule has 1 saturated heterocycles. The molecule has 1 heterocycles. The molecule has 0 aromatic heterocycles. The number of carboxylic acids is 1. The number of sulfonamides is 1. The van der Waals surface area contributed by atoms with Gasteiger partial charge in [-0.2, -0.15) is 0 Å². The van der Waals surface area contributed by atoms with E-state index in [1.807, 2.05) is 13.8 Å². The third-order valence-electron chi connectivity index (χ3n) is 2.92. The highest BCUT2D eigenvalue weighted by Crippen LogP contribution is 2.24. The van der Waals surface area contributed by atoms with Crippen LogP contribution >= 0.6 is 0 Å². The molecule has 6 heteroatoms. The quantitative estimate of drug-likeness (QED) is 0.764. The van der Waals surface area contributed by atoms with E-state index in [2.05, 4.69) is 0 Å². The van der Waals surface area contributed by atoms with E-state index in [0.29, 0.717) is 24.9 Å². The first-order chi connectivity index (χ1) is 6.83. The van der Waals surface area contributed by atoms with Crippen molar-refractivity contribution in [3.63, 3.8) is 0 Å². The van der Waals surface area contributed by atoms with Gasteiger partial charge in [0.15, 0.2) is 0 Å². The zero-order chi connectivity index (χ0) is 11.6. The summed E-state index contributed by atoms with van der Waals surface area (Å²) in [6.45, 7) is 5.06. The monoisotopic (exact) mass is 235 g/mol. The summed E-state index contributed by atoms with van der Waals surface area (Å²) in [4.78, 5) is 10.3. The summed E-state index contributed by atoms with van der Waals surface area (Å²) in [7, 11) is -3.37. The van der Waals surface area contributed by atoms with Crippen molar-refractivity contribution in [2.24, 2.45) is 11.8 Å². The Hall–Kier alpha value is -0.620. The molecule has 0 aliphatic carbocycles. The Balaban J connectivity index is 2.59. The summed E-state index contributed by atoms with van der Waals surface area (Å²) in [6, 6.07) is 0. The molecule has 2 unspecified atom stereocenters. The van der Waals surface area contributed by atoms with Gasteiger partial charge in [-0.15, -0.1) is 0 Å². The Morgan fingerprint density at radius 1 is 1.33 bits per heavy atom. The smallest absolute Gasteiger partial charge is 0.304 e. The van der Waals surface area contributed by atoms with Gasteiger partial charge in [0.1, 0.15) is 0 Å². The van der Waals surface area contributed by atoms with E-state index in [1.54, 1.807) is 0 Å². The molecule has 1 N–H and O–H groups in total. The standard InChI is InChI=1S/C9H17NO4S/c1-7-5-10(6-8(7)2)15(13,14)4-3-9(11)12/h7-8H,3-6H2,1-2H3,(H,11,12). The Kier molecular flexibility index (Phi) is 3.72. The largest absolute Gasteiger partial charge is 0.481 e. The molecule has 1 aliphatic rings. The fraction of sp³-hybridized carbons (Fsp3) is 0.889. The lowest BCUT2D eigenvalue weighted by atomic mass is 10.0. The summed E-state index contributed by atoms with van der Waals surface area (Å²) >= 11 is 0. The van der Waals surface area contributed by atoms with Crippen LogP contribution in [-0.2, 0) is 14.8 Å². The molecule has 1 rings (SSSR count). The average molecular weight is 235 g/mol. The summed E-state index contributed by atoms with van der Waals surface area (Å²) in [5.41, 5.74) is 0. The van der Waals surface area contributed by atoms with Crippen molar-refractivity contribution in [1.29, 1.82) is 0 Å². The third-order valence-corrected chi connectivity index (χ3v) is 4.73. The summed E-state index contributed by atoms with van der Waals surface area (Å²) in [5, 5.41) is 8.44. The molecule has 0 aromatic rings. The topological polar surface area (TPSA) is 74.7 Å². The SMILES string of the molecule is CC1CN(S(=O)(=O)CCC(=O)O)CC1C. The Morgan fingerprint density at radius 3 is 2.20 bits per heavy atom. The minimum Gasteiger partial charge on any atom is -0.481 e. The molecule has 0 aromatic carbocycles. The lowest BCUT2D eigenvalue weighted by Gasteiger charge is -2.15. The lowest BCUT2D eigenvalue weighted by molar-refractivity contribution is -0.136. The van der Waals surface area contributed by atoms with Crippen LogP contribution in [0.1, 0.15) is 20.3 Å². The number of rotatable bonds is 4. The second kappa shape index (κ2) is 4.49. The molecular weight excluding hydrogens is 218 g/mol. The second-order valence-electron chi connectivity index (χ2n) is 4.23. The number of carboxylic acid groups (broad SMARTS) is 1. The molecule has 0 amide bonds. The number of aliphatic carboxylic acids is 1. The summed E-state index contributed by atoms with van der Waals surface area (Å²) in [5.74, 6) is -0.657. The zero-order valence-corrected chi connectivity index (χ0v) is 9.83. The molecule has 0 radical (unpaired) electrons. The van der Waals surface area contributed by atoms with E-state index >= 15 is 0 Å². The van der Waals surface area contributed by atoms with Gasteiger partial charge in [0.2, 0.25) is 10.0 Å². The molecule has 15 heavy (non-hydrogen) atoms. The molecule has 0 saturated carbocycles. The van der Waals surface area contributed by atoms with Crippen LogP contribution in [0, 0.1) is 11.8 Å². The number of hydrogen-bond donors (Lipinski definition) is 1. The Morgan fingerprint density at radius 2 is 1.80 bits per heavy atom. The predicted molar refractivity (Wildman–Crippen MR) is 55.9 cm³/mol. The van der Waals surface area contributed by atoms with Crippen molar-refractivity contribution in [2.45, 2.75) is 20.3 Å². The van der Waals surface area contributed by atoms with Crippen LogP contribution in [0.25, 0.3) is 0 Å². The maximum Gasteiger partial charge on any atom is 0.304 e. The summed E-state index contributed by atoms with van der Waals surface area (Å²) < 4.78 is 24.8. The van der Waals surface area contributed by atoms with Gasteiger partial charge in [0.05, 0.1) is 12.2 Å². The number of nitrogens with zero attached hydrogens (tertiary/aromatic N) is 1. The van der Waals surface area contributed by atoms with E-state index in [0.717, 1.165) is 0 Å². The van der Waals surface area contributed by atoms with Crippen LogP contribution in [0.3, 0.4) is 0 Å². The van der Waals surface area contributed by atoms with Gasteiger partial charge in [0, 0.05) is 13.1 Å². The van der Waals surface area contributed by atoms with Crippen molar-refractivity contribution in [1.82, 2.24) is 4.31 Å². The highest BCUT2D eigenvalue weighted by Gasteiger charge is 2.33. The maximum atomic E-state index is 11.7.